The molecule has 1 aromatic heterocycles. The van der Waals surface area contributed by atoms with Crippen LogP contribution in [0.25, 0.3) is 0 Å². The standard InChI is InChI=1S/C14H17N3OS/c1-9-6-11(4-5-13(9)15-3)14(18)16-7-12-8-19-10(2)17-12/h4-6,8,15H,7H2,1-3H3,(H,16,18). The van der Waals surface area contributed by atoms with Gasteiger partial charge in [-0.15, -0.1) is 11.3 Å². The van der Waals surface area contributed by atoms with Gasteiger partial charge in [-0.2, -0.15) is 0 Å². The molecule has 4 nitrogen and oxygen atoms in total. The monoisotopic (exact) mass is 275 g/mol. The van der Waals surface area contributed by atoms with Crippen molar-refractivity contribution in [1.29, 1.82) is 0 Å². The number of hydrogen-bond donors (Lipinski definition) is 2. The molecule has 2 aromatic rings. The van der Waals surface area contributed by atoms with E-state index in [1.165, 1.54) is 0 Å². The summed E-state index contributed by atoms with van der Waals surface area (Å²) in [6, 6.07) is 5.62. The molecule has 0 bridgehead atoms. The molecular formula is C14H17N3OS. The number of hydrogen-bond acceptors (Lipinski definition) is 4. The lowest BCUT2D eigenvalue weighted by Gasteiger charge is -2.08. The zero-order valence-electron chi connectivity index (χ0n) is 11.3. The Kier molecular flexibility index (Phi) is 4.16. The summed E-state index contributed by atoms with van der Waals surface area (Å²) in [4.78, 5) is 16.3. The van der Waals surface area contributed by atoms with Crippen LogP contribution in [0.2, 0.25) is 0 Å². The predicted molar refractivity (Wildman–Crippen MR) is 78.7 cm³/mol. The molecule has 100 valence electrons. The van der Waals surface area contributed by atoms with Gasteiger partial charge < -0.3 is 10.6 Å². The van der Waals surface area contributed by atoms with Crippen molar-refractivity contribution in [2.75, 3.05) is 12.4 Å². The number of amides is 1. The van der Waals surface area contributed by atoms with E-state index in [1.807, 2.05) is 44.5 Å². The highest BCUT2D eigenvalue weighted by atomic mass is 32.1. The van der Waals surface area contributed by atoms with Crippen LogP contribution in [-0.4, -0.2) is 17.9 Å². The van der Waals surface area contributed by atoms with E-state index in [1.54, 1.807) is 11.3 Å². The number of carbonyl (C=O) groups is 1. The van der Waals surface area contributed by atoms with Crippen molar-refractivity contribution in [1.82, 2.24) is 10.3 Å². The molecule has 0 saturated heterocycles. The van der Waals surface area contributed by atoms with Gasteiger partial charge in [0.1, 0.15) is 0 Å². The van der Waals surface area contributed by atoms with E-state index < -0.39 is 0 Å². The number of carbonyl (C=O) groups excluding carboxylic acids is 1. The first kappa shape index (κ1) is 13.5. The molecule has 0 unspecified atom stereocenters. The van der Waals surface area contributed by atoms with Gasteiger partial charge in [0.05, 0.1) is 17.2 Å². The van der Waals surface area contributed by atoms with Crippen LogP contribution in [0.4, 0.5) is 5.69 Å². The van der Waals surface area contributed by atoms with Crippen LogP contribution in [0, 0.1) is 13.8 Å². The molecule has 0 fully saturated rings. The molecular weight excluding hydrogens is 258 g/mol. The van der Waals surface area contributed by atoms with Crippen LogP contribution in [0.15, 0.2) is 23.6 Å². The van der Waals surface area contributed by atoms with E-state index in [2.05, 4.69) is 15.6 Å². The van der Waals surface area contributed by atoms with Crippen LogP contribution in [-0.2, 0) is 6.54 Å². The van der Waals surface area contributed by atoms with Crippen LogP contribution in [0.1, 0.15) is 26.6 Å². The van der Waals surface area contributed by atoms with Crippen molar-refractivity contribution in [2.45, 2.75) is 20.4 Å². The molecule has 0 atom stereocenters. The summed E-state index contributed by atoms with van der Waals surface area (Å²) in [7, 11) is 1.87. The van der Waals surface area contributed by atoms with Crippen molar-refractivity contribution < 1.29 is 4.79 Å². The molecule has 0 radical (unpaired) electrons. The first-order valence-corrected chi connectivity index (χ1v) is 6.95. The summed E-state index contributed by atoms with van der Waals surface area (Å²) in [6.07, 6.45) is 0. The van der Waals surface area contributed by atoms with Crippen molar-refractivity contribution in [3.05, 3.63) is 45.4 Å². The third kappa shape index (κ3) is 3.32. The number of anilines is 1. The Balaban J connectivity index is 2.01. The van der Waals surface area contributed by atoms with E-state index >= 15 is 0 Å². The molecule has 5 heteroatoms. The van der Waals surface area contributed by atoms with Gasteiger partial charge in [0.2, 0.25) is 0 Å². The number of benzene rings is 1. The van der Waals surface area contributed by atoms with E-state index in [-0.39, 0.29) is 5.91 Å². The van der Waals surface area contributed by atoms with Crippen molar-refractivity contribution in [2.24, 2.45) is 0 Å². The molecule has 0 saturated carbocycles. The molecule has 2 rings (SSSR count). The van der Waals surface area contributed by atoms with Gasteiger partial charge in [0.25, 0.3) is 5.91 Å². The first-order chi connectivity index (χ1) is 9.10. The molecule has 1 aromatic carbocycles. The van der Waals surface area contributed by atoms with Gasteiger partial charge in [0, 0.05) is 23.7 Å². The quantitative estimate of drug-likeness (QED) is 0.902. The number of nitrogens with one attached hydrogen (secondary N) is 2. The number of aryl methyl sites for hydroxylation is 2. The Bertz CT molecular complexity index is 592. The lowest BCUT2D eigenvalue weighted by Crippen LogP contribution is -2.23. The summed E-state index contributed by atoms with van der Waals surface area (Å²) < 4.78 is 0. The average molecular weight is 275 g/mol. The van der Waals surface area contributed by atoms with E-state index in [0.717, 1.165) is 22.0 Å². The lowest BCUT2D eigenvalue weighted by molar-refractivity contribution is 0.0950. The summed E-state index contributed by atoms with van der Waals surface area (Å²) in [5, 5.41) is 8.94. The third-order valence-electron chi connectivity index (χ3n) is 2.85. The SMILES string of the molecule is CNc1ccc(C(=O)NCc2csc(C)n2)cc1C. The smallest absolute Gasteiger partial charge is 0.251 e. The van der Waals surface area contributed by atoms with Gasteiger partial charge in [-0.1, -0.05) is 0 Å². The maximum atomic E-state index is 12.0. The summed E-state index contributed by atoms with van der Waals surface area (Å²) in [5.41, 5.74) is 3.66. The van der Waals surface area contributed by atoms with Gasteiger partial charge in [0.15, 0.2) is 0 Å². The van der Waals surface area contributed by atoms with E-state index in [4.69, 9.17) is 0 Å². The average Bonchev–Trinajstić information content (AvgIpc) is 2.81. The number of aromatic nitrogens is 1. The largest absolute Gasteiger partial charge is 0.388 e. The minimum atomic E-state index is -0.0728. The molecule has 2 N–H and O–H groups in total. The van der Waals surface area contributed by atoms with Crippen molar-refractivity contribution >= 4 is 22.9 Å². The Morgan fingerprint density at radius 3 is 2.74 bits per heavy atom. The molecule has 19 heavy (non-hydrogen) atoms. The second kappa shape index (κ2) is 5.84. The van der Waals surface area contributed by atoms with Crippen LogP contribution in [0.3, 0.4) is 0 Å². The second-order valence-electron chi connectivity index (χ2n) is 4.32. The van der Waals surface area contributed by atoms with Crippen molar-refractivity contribution in [3.63, 3.8) is 0 Å². The number of nitrogens with zero attached hydrogens (tertiary/aromatic N) is 1. The lowest BCUT2D eigenvalue weighted by atomic mass is 10.1. The van der Waals surface area contributed by atoms with Crippen LogP contribution < -0.4 is 10.6 Å². The predicted octanol–water partition coefficient (Wildman–Crippen LogP) is 2.73. The highest BCUT2D eigenvalue weighted by Crippen LogP contribution is 2.15. The minimum absolute atomic E-state index is 0.0728. The highest BCUT2D eigenvalue weighted by molar-refractivity contribution is 7.09. The fraction of sp³-hybridized carbons (Fsp3) is 0.286. The third-order valence-corrected chi connectivity index (χ3v) is 3.68. The first-order valence-electron chi connectivity index (χ1n) is 6.07. The van der Waals surface area contributed by atoms with Crippen LogP contribution >= 0.6 is 11.3 Å². The Morgan fingerprint density at radius 1 is 1.37 bits per heavy atom. The highest BCUT2D eigenvalue weighted by Gasteiger charge is 2.08. The Morgan fingerprint density at radius 2 is 2.16 bits per heavy atom. The second-order valence-corrected chi connectivity index (χ2v) is 5.38. The molecule has 0 aliphatic heterocycles. The van der Waals surface area contributed by atoms with Crippen LogP contribution in [0.5, 0.6) is 0 Å². The maximum absolute atomic E-state index is 12.0. The zero-order chi connectivity index (χ0) is 13.8. The summed E-state index contributed by atoms with van der Waals surface area (Å²) in [6.45, 7) is 4.40. The van der Waals surface area contributed by atoms with Gasteiger partial charge >= 0.3 is 0 Å². The molecule has 0 spiro atoms. The molecule has 0 aliphatic rings. The fourth-order valence-electron chi connectivity index (χ4n) is 1.85. The van der Waals surface area contributed by atoms with Gasteiger partial charge in [-0.05, 0) is 37.6 Å². The zero-order valence-corrected chi connectivity index (χ0v) is 12.1. The van der Waals surface area contributed by atoms with Gasteiger partial charge in [-0.3, -0.25) is 4.79 Å². The Hall–Kier alpha value is -1.88. The maximum Gasteiger partial charge on any atom is 0.251 e. The normalized spacial score (nSPS) is 10.3. The summed E-state index contributed by atoms with van der Waals surface area (Å²) in [5.74, 6) is -0.0728. The van der Waals surface area contributed by atoms with Crippen molar-refractivity contribution in [3.8, 4) is 0 Å². The fourth-order valence-corrected chi connectivity index (χ4v) is 2.46. The number of thiazole rings is 1. The van der Waals surface area contributed by atoms with E-state index in [0.29, 0.717) is 12.1 Å². The topological polar surface area (TPSA) is 54.0 Å². The summed E-state index contributed by atoms with van der Waals surface area (Å²) >= 11 is 1.59. The Labute approximate surface area is 116 Å². The number of rotatable bonds is 4. The molecule has 1 amide bonds. The molecule has 0 aliphatic carbocycles. The molecule has 1 heterocycles. The van der Waals surface area contributed by atoms with Gasteiger partial charge in [-0.25, -0.2) is 4.98 Å². The van der Waals surface area contributed by atoms with E-state index in [9.17, 15) is 4.79 Å². The minimum Gasteiger partial charge on any atom is -0.388 e.